The van der Waals surface area contributed by atoms with Crippen LogP contribution in [0.1, 0.15) is 20.3 Å². The molecule has 0 aromatic carbocycles. The van der Waals surface area contributed by atoms with Crippen LogP contribution in [-0.4, -0.2) is 5.78 Å². The average molecular weight is 130 g/mol. The van der Waals surface area contributed by atoms with Crippen molar-refractivity contribution in [2.75, 3.05) is 0 Å². The lowest BCUT2D eigenvalue weighted by Crippen LogP contribution is -2.08. The van der Waals surface area contributed by atoms with Gasteiger partial charge in [-0.2, -0.15) is 0 Å². The highest BCUT2D eigenvalue weighted by Crippen LogP contribution is 2.08. The maximum absolute atomic E-state index is 12.0. The molecule has 2 heteroatoms. The molecule has 0 aromatic rings. The Bertz CT molecular complexity index is 129. The second kappa shape index (κ2) is 3.38. The Hall–Kier alpha value is -0.660. The van der Waals surface area contributed by atoms with Gasteiger partial charge in [-0.05, 0) is 6.42 Å². The SMILES string of the molecule is C=C(F)C(=O)[C@H](C)CC. The number of carbonyl (C=O) groups excluding carboxylic acids is 1. The minimum atomic E-state index is -0.829. The van der Waals surface area contributed by atoms with E-state index < -0.39 is 11.6 Å². The average Bonchev–Trinajstić information content (AvgIpc) is 1.84. The van der Waals surface area contributed by atoms with Gasteiger partial charge in [0.1, 0.15) is 0 Å². The summed E-state index contributed by atoms with van der Waals surface area (Å²) in [5.41, 5.74) is 0. The smallest absolute Gasteiger partial charge is 0.193 e. The molecule has 52 valence electrons. The van der Waals surface area contributed by atoms with Crippen LogP contribution >= 0.6 is 0 Å². The summed E-state index contributed by atoms with van der Waals surface area (Å²) in [6.45, 7) is 6.43. The standard InChI is InChI=1S/C7H11FO/c1-4-5(2)7(9)6(3)8/h5H,3-4H2,1-2H3/t5-/m1/s1. The molecule has 0 N–H and O–H groups in total. The monoisotopic (exact) mass is 130 g/mol. The van der Waals surface area contributed by atoms with Gasteiger partial charge in [0, 0.05) is 5.92 Å². The van der Waals surface area contributed by atoms with Gasteiger partial charge < -0.3 is 0 Å². The molecular weight excluding hydrogens is 119 g/mol. The van der Waals surface area contributed by atoms with E-state index in [4.69, 9.17) is 0 Å². The Morgan fingerprint density at radius 1 is 1.78 bits per heavy atom. The molecule has 0 aromatic heterocycles. The summed E-state index contributed by atoms with van der Waals surface area (Å²) in [4.78, 5) is 10.6. The molecule has 0 saturated carbocycles. The van der Waals surface area contributed by atoms with Gasteiger partial charge in [-0.3, -0.25) is 4.79 Å². The fraction of sp³-hybridized carbons (Fsp3) is 0.571. The van der Waals surface area contributed by atoms with Crippen LogP contribution in [0.25, 0.3) is 0 Å². The van der Waals surface area contributed by atoms with E-state index in [0.717, 1.165) is 0 Å². The summed E-state index contributed by atoms with van der Waals surface area (Å²) in [5, 5.41) is 0. The van der Waals surface area contributed by atoms with Crippen LogP contribution in [0, 0.1) is 5.92 Å². The van der Waals surface area contributed by atoms with Crippen LogP contribution in [0.4, 0.5) is 4.39 Å². The summed E-state index contributed by atoms with van der Waals surface area (Å²) in [6.07, 6.45) is 0.668. The van der Waals surface area contributed by atoms with Gasteiger partial charge in [-0.1, -0.05) is 20.4 Å². The van der Waals surface area contributed by atoms with E-state index in [2.05, 4.69) is 6.58 Å². The minimum absolute atomic E-state index is 0.220. The Kier molecular flexibility index (Phi) is 3.13. The zero-order valence-electron chi connectivity index (χ0n) is 5.78. The third kappa shape index (κ3) is 2.40. The molecule has 0 amide bonds. The van der Waals surface area contributed by atoms with E-state index in [1.54, 1.807) is 6.92 Å². The van der Waals surface area contributed by atoms with Crippen LogP contribution in [0.15, 0.2) is 12.4 Å². The van der Waals surface area contributed by atoms with Crippen molar-refractivity contribution in [1.29, 1.82) is 0 Å². The number of Topliss-reactive ketones (excluding diaryl/α,β-unsaturated/α-hetero) is 1. The third-order valence-electron chi connectivity index (χ3n) is 1.33. The summed E-state index contributed by atoms with van der Waals surface area (Å²) < 4.78 is 12.0. The second-order valence-electron chi connectivity index (χ2n) is 2.08. The van der Waals surface area contributed by atoms with E-state index in [0.29, 0.717) is 6.42 Å². The third-order valence-corrected chi connectivity index (χ3v) is 1.33. The molecule has 0 aliphatic rings. The molecule has 1 atom stereocenters. The first-order chi connectivity index (χ1) is 4.09. The highest BCUT2D eigenvalue weighted by molar-refractivity contribution is 5.94. The van der Waals surface area contributed by atoms with Crippen molar-refractivity contribution in [2.45, 2.75) is 20.3 Å². The van der Waals surface area contributed by atoms with Gasteiger partial charge in [0.05, 0.1) is 0 Å². The van der Waals surface area contributed by atoms with Gasteiger partial charge in [0.2, 0.25) is 0 Å². The first-order valence-electron chi connectivity index (χ1n) is 2.98. The largest absolute Gasteiger partial charge is 0.291 e. The van der Waals surface area contributed by atoms with Crippen LogP contribution in [0.3, 0.4) is 0 Å². The number of ketones is 1. The zero-order valence-corrected chi connectivity index (χ0v) is 5.78. The Morgan fingerprint density at radius 3 is 2.33 bits per heavy atom. The minimum Gasteiger partial charge on any atom is -0.291 e. The van der Waals surface area contributed by atoms with E-state index in [1.165, 1.54) is 0 Å². The molecule has 0 bridgehead atoms. The van der Waals surface area contributed by atoms with E-state index in [9.17, 15) is 9.18 Å². The maximum Gasteiger partial charge on any atom is 0.193 e. The van der Waals surface area contributed by atoms with Gasteiger partial charge >= 0.3 is 0 Å². The first-order valence-corrected chi connectivity index (χ1v) is 2.98. The van der Waals surface area contributed by atoms with Crippen molar-refractivity contribution < 1.29 is 9.18 Å². The predicted molar refractivity (Wildman–Crippen MR) is 34.7 cm³/mol. The van der Waals surface area contributed by atoms with Crippen molar-refractivity contribution in [3.8, 4) is 0 Å². The summed E-state index contributed by atoms with van der Waals surface area (Å²) in [5.74, 6) is -1.52. The molecule has 1 nitrogen and oxygen atoms in total. The van der Waals surface area contributed by atoms with Crippen LogP contribution in [0.5, 0.6) is 0 Å². The topological polar surface area (TPSA) is 17.1 Å². The Labute approximate surface area is 54.6 Å². The van der Waals surface area contributed by atoms with Gasteiger partial charge in [0.25, 0.3) is 0 Å². The number of halogens is 1. The fourth-order valence-corrected chi connectivity index (χ4v) is 0.453. The van der Waals surface area contributed by atoms with Crippen molar-refractivity contribution in [3.63, 3.8) is 0 Å². The quantitative estimate of drug-likeness (QED) is 0.534. The van der Waals surface area contributed by atoms with Crippen molar-refractivity contribution >= 4 is 5.78 Å². The summed E-state index contributed by atoms with van der Waals surface area (Å²) >= 11 is 0. The Balaban J connectivity index is 3.88. The molecule has 0 aliphatic carbocycles. The van der Waals surface area contributed by atoms with Crippen LogP contribution in [0.2, 0.25) is 0 Å². The van der Waals surface area contributed by atoms with Crippen molar-refractivity contribution in [1.82, 2.24) is 0 Å². The van der Waals surface area contributed by atoms with Gasteiger partial charge in [0.15, 0.2) is 11.6 Å². The summed E-state index contributed by atoms with van der Waals surface area (Å²) in [6, 6.07) is 0. The molecule has 0 unspecified atom stereocenters. The maximum atomic E-state index is 12.0. The molecule has 0 rings (SSSR count). The molecule has 0 aliphatic heterocycles. The van der Waals surface area contributed by atoms with Crippen molar-refractivity contribution in [2.24, 2.45) is 5.92 Å². The lowest BCUT2D eigenvalue weighted by Gasteiger charge is -2.02. The fourth-order valence-electron chi connectivity index (χ4n) is 0.453. The molecule has 0 spiro atoms. The lowest BCUT2D eigenvalue weighted by molar-refractivity contribution is -0.120. The summed E-state index contributed by atoms with van der Waals surface area (Å²) in [7, 11) is 0. The van der Waals surface area contributed by atoms with E-state index in [-0.39, 0.29) is 5.92 Å². The van der Waals surface area contributed by atoms with E-state index >= 15 is 0 Å². The van der Waals surface area contributed by atoms with Crippen LogP contribution < -0.4 is 0 Å². The Morgan fingerprint density at radius 2 is 2.22 bits per heavy atom. The van der Waals surface area contributed by atoms with E-state index in [1.807, 2.05) is 6.92 Å². The number of allylic oxidation sites excluding steroid dienone is 1. The van der Waals surface area contributed by atoms with Crippen molar-refractivity contribution in [3.05, 3.63) is 12.4 Å². The second-order valence-corrected chi connectivity index (χ2v) is 2.08. The molecule has 0 saturated heterocycles. The first kappa shape index (κ1) is 8.34. The van der Waals surface area contributed by atoms with Gasteiger partial charge in [-0.15, -0.1) is 0 Å². The molecule has 0 radical (unpaired) electrons. The molecular formula is C7H11FO. The predicted octanol–water partition coefficient (Wildman–Crippen LogP) is 2.08. The normalized spacial score (nSPS) is 12.8. The van der Waals surface area contributed by atoms with Gasteiger partial charge in [-0.25, -0.2) is 4.39 Å². The highest BCUT2D eigenvalue weighted by atomic mass is 19.1. The molecule has 9 heavy (non-hydrogen) atoms. The lowest BCUT2D eigenvalue weighted by atomic mass is 10.0. The number of carbonyl (C=O) groups is 1. The zero-order chi connectivity index (χ0) is 7.44. The molecule has 0 heterocycles. The number of rotatable bonds is 3. The molecule has 0 fully saturated rings. The highest BCUT2D eigenvalue weighted by Gasteiger charge is 2.12. The number of hydrogen-bond donors (Lipinski definition) is 0. The van der Waals surface area contributed by atoms with Crippen LogP contribution in [-0.2, 0) is 4.79 Å². The number of hydrogen-bond acceptors (Lipinski definition) is 1.